The Morgan fingerprint density at radius 1 is 1.75 bits per heavy atom. The summed E-state index contributed by atoms with van der Waals surface area (Å²) in [6.45, 7) is 1.85. The smallest absolute Gasteiger partial charge is 0.0574 e. The summed E-state index contributed by atoms with van der Waals surface area (Å²) in [6.07, 6.45) is 6.38. The van der Waals surface area contributed by atoms with Gasteiger partial charge in [-0.2, -0.15) is 0 Å². The van der Waals surface area contributed by atoms with Crippen LogP contribution in [0.3, 0.4) is 0 Å². The third-order valence-corrected chi connectivity index (χ3v) is 1.67. The molecule has 0 aromatic rings. The van der Waals surface area contributed by atoms with Crippen LogP contribution in [-0.4, -0.2) is 11.2 Å². The van der Waals surface area contributed by atoms with Crippen molar-refractivity contribution in [2.75, 3.05) is 0 Å². The molecule has 46 valence electrons. The molecule has 0 aromatic heterocycles. The number of aliphatic hydroxyl groups excluding tert-OH is 1. The van der Waals surface area contributed by atoms with Crippen LogP contribution in [0.5, 0.6) is 0 Å². The van der Waals surface area contributed by atoms with Crippen molar-refractivity contribution in [2.24, 2.45) is 5.92 Å². The maximum Gasteiger partial charge on any atom is 0.0574 e. The van der Waals surface area contributed by atoms with E-state index in [9.17, 15) is 0 Å². The van der Waals surface area contributed by atoms with E-state index < -0.39 is 0 Å². The SMILES string of the molecule is CC(O)C1C=CCC1. The monoisotopic (exact) mass is 112 g/mol. The van der Waals surface area contributed by atoms with Crippen LogP contribution < -0.4 is 0 Å². The number of allylic oxidation sites excluding steroid dienone is 1. The van der Waals surface area contributed by atoms with Crippen LogP contribution in [0, 0.1) is 5.92 Å². The van der Waals surface area contributed by atoms with E-state index in [4.69, 9.17) is 5.11 Å². The van der Waals surface area contributed by atoms with E-state index in [1.54, 1.807) is 0 Å². The average Bonchev–Trinajstić information content (AvgIpc) is 2.12. The highest BCUT2D eigenvalue weighted by Gasteiger charge is 2.13. The quantitative estimate of drug-likeness (QED) is 0.507. The molecule has 1 aliphatic carbocycles. The summed E-state index contributed by atoms with van der Waals surface area (Å²) in [5.41, 5.74) is 0. The van der Waals surface area contributed by atoms with E-state index in [2.05, 4.69) is 12.2 Å². The molecule has 1 rings (SSSR count). The maximum atomic E-state index is 9.00. The fraction of sp³-hybridized carbons (Fsp3) is 0.714. The lowest BCUT2D eigenvalue weighted by atomic mass is 10.0. The first-order valence-corrected chi connectivity index (χ1v) is 3.15. The zero-order valence-corrected chi connectivity index (χ0v) is 5.17. The van der Waals surface area contributed by atoms with E-state index in [-0.39, 0.29) is 6.10 Å². The lowest BCUT2D eigenvalue weighted by Gasteiger charge is -2.08. The Labute approximate surface area is 50.0 Å². The third kappa shape index (κ3) is 1.10. The third-order valence-electron chi connectivity index (χ3n) is 1.67. The molecule has 0 aromatic carbocycles. The first-order valence-electron chi connectivity index (χ1n) is 3.15. The van der Waals surface area contributed by atoms with Crippen molar-refractivity contribution in [1.82, 2.24) is 0 Å². The first-order chi connectivity index (χ1) is 3.80. The van der Waals surface area contributed by atoms with E-state index in [0.717, 1.165) is 12.8 Å². The molecule has 0 saturated carbocycles. The molecule has 0 spiro atoms. The normalized spacial score (nSPS) is 31.0. The number of hydrogen-bond donors (Lipinski definition) is 1. The van der Waals surface area contributed by atoms with Crippen LogP contribution >= 0.6 is 0 Å². The minimum absolute atomic E-state index is 0.145. The van der Waals surface area contributed by atoms with Gasteiger partial charge in [0.15, 0.2) is 0 Å². The highest BCUT2D eigenvalue weighted by Crippen LogP contribution is 2.19. The summed E-state index contributed by atoms with van der Waals surface area (Å²) in [4.78, 5) is 0. The summed E-state index contributed by atoms with van der Waals surface area (Å²) in [5, 5.41) is 9.00. The molecule has 1 aliphatic rings. The van der Waals surface area contributed by atoms with Gasteiger partial charge in [0.1, 0.15) is 0 Å². The Bertz CT molecular complexity index is 94.6. The highest BCUT2D eigenvalue weighted by molar-refractivity contribution is 4.97. The van der Waals surface area contributed by atoms with Crippen LogP contribution in [0.2, 0.25) is 0 Å². The zero-order valence-electron chi connectivity index (χ0n) is 5.17. The van der Waals surface area contributed by atoms with Gasteiger partial charge in [-0.25, -0.2) is 0 Å². The van der Waals surface area contributed by atoms with Crippen molar-refractivity contribution in [3.63, 3.8) is 0 Å². The fourth-order valence-corrected chi connectivity index (χ4v) is 1.06. The molecule has 2 atom stereocenters. The van der Waals surface area contributed by atoms with Crippen molar-refractivity contribution < 1.29 is 5.11 Å². The number of rotatable bonds is 1. The van der Waals surface area contributed by atoms with Gasteiger partial charge in [-0.15, -0.1) is 0 Å². The summed E-state index contributed by atoms with van der Waals surface area (Å²) >= 11 is 0. The topological polar surface area (TPSA) is 20.2 Å². The largest absolute Gasteiger partial charge is 0.393 e. The van der Waals surface area contributed by atoms with E-state index in [0.29, 0.717) is 5.92 Å². The van der Waals surface area contributed by atoms with Gasteiger partial charge >= 0.3 is 0 Å². The Balaban J connectivity index is 2.36. The fourth-order valence-electron chi connectivity index (χ4n) is 1.06. The predicted molar refractivity (Wildman–Crippen MR) is 33.5 cm³/mol. The highest BCUT2D eigenvalue weighted by atomic mass is 16.3. The van der Waals surface area contributed by atoms with Crippen molar-refractivity contribution >= 4 is 0 Å². The summed E-state index contributed by atoms with van der Waals surface area (Å²) in [7, 11) is 0. The second-order valence-electron chi connectivity index (χ2n) is 2.41. The second kappa shape index (κ2) is 2.31. The van der Waals surface area contributed by atoms with Crippen molar-refractivity contribution in [1.29, 1.82) is 0 Å². The lowest BCUT2D eigenvalue weighted by Crippen LogP contribution is -2.10. The minimum Gasteiger partial charge on any atom is -0.393 e. The molecule has 0 aliphatic heterocycles. The molecule has 0 fully saturated rings. The number of aliphatic hydroxyl groups is 1. The Morgan fingerprint density at radius 2 is 2.50 bits per heavy atom. The molecule has 0 bridgehead atoms. The van der Waals surface area contributed by atoms with Gasteiger partial charge in [0.25, 0.3) is 0 Å². The van der Waals surface area contributed by atoms with E-state index in [1.165, 1.54) is 0 Å². The summed E-state index contributed by atoms with van der Waals surface area (Å²) < 4.78 is 0. The maximum absolute atomic E-state index is 9.00. The summed E-state index contributed by atoms with van der Waals surface area (Å²) in [5.74, 6) is 0.440. The Morgan fingerprint density at radius 3 is 2.75 bits per heavy atom. The molecular formula is C7H12O. The first kappa shape index (κ1) is 5.83. The van der Waals surface area contributed by atoms with E-state index in [1.807, 2.05) is 6.92 Å². The van der Waals surface area contributed by atoms with Gasteiger partial charge in [0, 0.05) is 5.92 Å². The van der Waals surface area contributed by atoms with Gasteiger partial charge < -0.3 is 5.11 Å². The minimum atomic E-state index is -0.145. The van der Waals surface area contributed by atoms with Crippen LogP contribution in [0.1, 0.15) is 19.8 Å². The van der Waals surface area contributed by atoms with Crippen LogP contribution in [-0.2, 0) is 0 Å². The van der Waals surface area contributed by atoms with Crippen LogP contribution in [0.4, 0.5) is 0 Å². The predicted octanol–water partition coefficient (Wildman–Crippen LogP) is 1.33. The molecule has 0 radical (unpaired) electrons. The van der Waals surface area contributed by atoms with Gasteiger partial charge in [-0.05, 0) is 19.8 Å². The summed E-state index contributed by atoms with van der Waals surface area (Å²) in [6, 6.07) is 0. The molecule has 0 heterocycles. The van der Waals surface area contributed by atoms with Crippen molar-refractivity contribution in [3.05, 3.63) is 12.2 Å². The molecule has 1 nitrogen and oxygen atoms in total. The van der Waals surface area contributed by atoms with Gasteiger partial charge in [0.2, 0.25) is 0 Å². The molecule has 8 heavy (non-hydrogen) atoms. The lowest BCUT2D eigenvalue weighted by molar-refractivity contribution is 0.148. The number of hydrogen-bond acceptors (Lipinski definition) is 1. The van der Waals surface area contributed by atoms with Crippen LogP contribution in [0.15, 0.2) is 12.2 Å². The molecule has 2 unspecified atom stereocenters. The van der Waals surface area contributed by atoms with Gasteiger partial charge in [-0.3, -0.25) is 0 Å². The second-order valence-corrected chi connectivity index (χ2v) is 2.41. The van der Waals surface area contributed by atoms with Crippen LogP contribution in [0.25, 0.3) is 0 Å². The van der Waals surface area contributed by atoms with Gasteiger partial charge in [-0.1, -0.05) is 12.2 Å². The molecule has 1 heteroatoms. The molecule has 1 N–H and O–H groups in total. The zero-order chi connectivity index (χ0) is 5.98. The molecule has 0 saturated heterocycles. The Kier molecular flexibility index (Phi) is 1.69. The van der Waals surface area contributed by atoms with Crippen molar-refractivity contribution in [3.8, 4) is 0 Å². The molecule has 0 amide bonds. The van der Waals surface area contributed by atoms with Crippen molar-refractivity contribution in [2.45, 2.75) is 25.9 Å². The van der Waals surface area contributed by atoms with Gasteiger partial charge in [0.05, 0.1) is 6.10 Å². The standard InChI is InChI=1S/C7H12O/c1-6(8)7-4-2-3-5-7/h2,4,6-8H,3,5H2,1H3. The molecular weight excluding hydrogens is 100 g/mol. The Hall–Kier alpha value is -0.300. The van der Waals surface area contributed by atoms with E-state index >= 15 is 0 Å². The average molecular weight is 112 g/mol.